The molecule has 0 radical (unpaired) electrons. The van der Waals surface area contributed by atoms with Crippen LogP contribution in [0.15, 0.2) is 77.5 Å². The average Bonchev–Trinajstić information content (AvgIpc) is 3.54. The lowest BCUT2D eigenvalue weighted by atomic mass is 10.1. The quantitative estimate of drug-likeness (QED) is 0.335. The van der Waals surface area contributed by atoms with Crippen LogP contribution in [0.4, 0.5) is 9.18 Å². The molecule has 1 aliphatic heterocycles. The van der Waals surface area contributed by atoms with Crippen LogP contribution in [0.3, 0.4) is 0 Å². The van der Waals surface area contributed by atoms with Gasteiger partial charge in [-0.2, -0.15) is 5.10 Å². The van der Waals surface area contributed by atoms with Crippen LogP contribution >= 0.6 is 0 Å². The van der Waals surface area contributed by atoms with Crippen molar-refractivity contribution in [3.05, 3.63) is 84.5 Å². The molecule has 5 rings (SSSR count). The molecule has 3 heterocycles. The molecule has 1 fully saturated rings. The second-order valence-corrected chi connectivity index (χ2v) is 10.2. The van der Waals surface area contributed by atoms with Crippen molar-refractivity contribution in [3.8, 4) is 28.3 Å². The van der Waals surface area contributed by atoms with Gasteiger partial charge in [0, 0.05) is 44.5 Å². The molecule has 2 aromatic heterocycles. The van der Waals surface area contributed by atoms with Crippen molar-refractivity contribution in [2.75, 3.05) is 26.2 Å². The maximum atomic E-state index is 13.6. The maximum absolute atomic E-state index is 13.6. The smallest absolute Gasteiger partial charge is 0.410 e. The average molecular weight is 503 g/mol. The van der Waals surface area contributed by atoms with Crippen molar-refractivity contribution in [3.63, 3.8) is 0 Å². The second kappa shape index (κ2) is 10.2. The number of hydrogen-bond donors (Lipinski definition) is 0. The molecule has 0 unspecified atom stereocenters. The third kappa shape index (κ3) is 5.91. The Labute approximate surface area is 216 Å². The first-order valence-corrected chi connectivity index (χ1v) is 12.4. The summed E-state index contributed by atoms with van der Waals surface area (Å²) in [5, 5.41) is 4.84. The van der Waals surface area contributed by atoms with E-state index in [0.29, 0.717) is 25.4 Å². The zero-order chi connectivity index (χ0) is 26.0. The number of furan rings is 1. The Kier molecular flexibility index (Phi) is 6.84. The number of piperazine rings is 1. The van der Waals surface area contributed by atoms with Crippen LogP contribution in [0, 0.1) is 5.82 Å². The number of hydrogen-bond acceptors (Lipinski definition) is 5. The van der Waals surface area contributed by atoms with Crippen molar-refractivity contribution in [1.29, 1.82) is 0 Å². The van der Waals surface area contributed by atoms with Gasteiger partial charge in [0.1, 0.15) is 17.1 Å². The van der Waals surface area contributed by atoms with Gasteiger partial charge in [0.2, 0.25) is 0 Å². The van der Waals surface area contributed by atoms with E-state index in [1.807, 2.05) is 74.1 Å². The van der Waals surface area contributed by atoms with E-state index in [4.69, 9.17) is 14.3 Å². The molecule has 37 heavy (non-hydrogen) atoms. The van der Waals surface area contributed by atoms with Gasteiger partial charge in [-0.05, 0) is 68.3 Å². The van der Waals surface area contributed by atoms with Crippen molar-refractivity contribution < 1.29 is 18.3 Å². The molecule has 1 amide bonds. The highest BCUT2D eigenvalue weighted by Gasteiger charge is 2.27. The van der Waals surface area contributed by atoms with Crippen LogP contribution in [-0.2, 0) is 11.3 Å². The van der Waals surface area contributed by atoms with Gasteiger partial charge >= 0.3 is 6.09 Å². The Bertz CT molecular complexity index is 1350. The van der Waals surface area contributed by atoms with Crippen molar-refractivity contribution in [2.24, 2.45) is 0 Å². The lowest BCUT2D eigenvalue weighted by Crippen LogP contribution is -2.49. The standard InChI is InChI=1S/C29H31FN4O3/c1-29(2,3)37-28(35)33-15-13-32(14-16-33)19-23-20-34(31-27(23)26-8-5-17-36-26)25-11-9-21(10-12-25)22-6-4-7-24(30)18-22/h4-12,17-18,20H,13-16,19H2,1-3H3. The summed E-state index contributed by atoms with van der Waals surface area (Å²) in [6.07, 6.45) is 3.40. The van der Waals surface area contributed by atoms with E-state index in [0.717, 1.165) is 41.2 Å². The molecular weight excluding hydrogens is 471 g/mol. The highest BCUT2D eigenvalue weighted by Crippen LogP contribution is 2.27. The molecule has 4 aromatic rings. The Morgan fingerprint density at radius 1 is 1.00 bits per heavy atom. The lowest BCUT2D eigenvalue weighted by molar-refractivity contribution is 0.0139. The third-order valence-electron chi connectivity index (χ3n) is 6.25. The van der Waals surface area contributed by atoms with Gasteiger partial charge in [-0.1, -0.05) is 24.3 Å². The Morgan fingerprint density at radius 2 is 1.76 bits per heavy atom. The van der Waals surface area contributed by atoms with Gasteiger partial charge in [0.25, 0.3) is 0 Å². The van der Waals surface area contributed by atoms with Gasteiger partial charge < -0.3 is 14.1 Å². The summed E-state index contributed by atoms with van der Waals surface area (Å²) in [6.45, 7) is 9.02. The van der Waals surface area contributed by atoms with Gasteiger partial charge in [0.15, 0.2) is 5.76 Å². The topological polar surface area (TPSA) is 63.7 Å². The number of amides is 1. The first-order valence-electron chi connectivity index (χ1n) is 12.4. The fourth-order valence-corrected chi connectivity index (χ4v) is 4.41. The molecule has 8 heteroatoms. The summed E-state index contributed by atoms with van der Waals surface area (Å²) in [6, 6.07) is 18.2. The highest BCUT2D eigenvalue weighted by atomic mass is 19.1. The SMILES string of the molecule is CC(C)(C)OC(=O)N1CCN(Cc2cn(-c3ccc(-c4cccc(F)c4)cc3)nc2-c2ccco2)CC1. The van der Waals surface area contributed by atoms with E-state index in [1.165, 1.54) is 12.1 Å². The molecule has 192 valence electrons. The van der Waals surface area contributed by atoms with Gasteiger partial charge in [-0.3, -0.25) is 4.90 Å². The molecule has 2 aromatic carbocycles. The van der Waals surface area contributed by atoms with Gasteiger partial charge in [-0.25, -0.2) is 13.9 Å². The number of benzene rings is 2. The van der Waals surface area contributed by atoms with Gasteiger partial charge in [-0.15, -0.1) is 0 Å². The number of aromatic nitrogens is 2. The Morgan fingerprint density at radius 3 is 2.41 bits per heavy atom. The summed E-state index contributed by atoms with van der Waals surface area (Å²) in [4.78, 5) is 16.5. The number of ether oxygens (including phenoxy) is 1. The Balaban J connectivity index is 1.32. The largest absolute Gasteiger partial charge is 0.463 e. The number of halogens is 1. The van der Waals surface area contributed by atoms with Crippen LogP contribution in [0.5, 0.6) is 0 Å². The van der Waals surface area contributed by atoms with Crippen LogP contribution in [-0.4, -0.2) is 57.5 Å². The van der Waals surface area contributed by atoms with E-state index in [9.17, 15) is 9.18 Å². The molecule has 1 saturated heterocycles. The summed E-state index contributed by atoms with van der Waals surface area (Å²) in [7, 11) is 0. The third-order valence-corrected chi connectivity index (χ3v) is 6.25. The van der Waals surface area contributed by atoms with Crippen LogP contribution in [0.1, 0.15) is 26.3 Å². The fraction of sp³-hybridized carbons (Fsp3) is 0.310. The van der Waals surface area contributed by atoms with Gasteiger partial charge in [0.05, 0.1) is 12.0 Å². The van der Waals surface area contributed by atoms with Crippen molar-refractivity contribution >= 4 is 6.09 Å². The summed E-state index contributed by atoms with van der Waals surface area (Å²) in [5.74, 6) is 0.450. The molecule has 0 N–H and O–H groups in total. The first kappa shape index (κ1) is 24.8. The van der Waals surface area contributed by atoms with Crippen LogP contribution < -0.4 is 0 Å². The molecule has 0 saturated carbocycles. The van der Waals surface area contributed by atoms with Crippen molar-refractivity contribution in [2.45, 2.75) is 32.9 Å². The predicted molar refractivity (Wildman–Crippen MR) is 140 cm³/mol. The molecular formula is C29H31FN4O3. The van der Waals surface area contributed by atoms with E-state index in [2.05, 4.69) is 4.90 Å². The first-order chi connectivity index (χ1) is 17.7. The van der Waals surface area contributed by atoms with E-state index in [1.54, 1.807) is 17.2 Å². The number of nitrogens with zero attached hydrogens (tertiary/aromatic N) is 4. The van der Waals surface area contributed by atoms with E-state index in [-0.39, 0.29) is 11.9 Å². The number of carbonyl (C=O) groups excluding carboxylic acids is 1. The molecule has 7 nitrogen and oxygen atoms in total. The molecule has 0 aliphatic carbocycles. The second-order valence-electron chi connectivity index (χ2n) is 10.2. The van der Waals surface area contributed by atoms with Crippen LogP contribution in [0.2, 0.25) is 0 Å². The zero-order valence-corrected chi connectivity index (χ0v) is 21.4. The van der Waals surface area contributed by atoms with Crippen molar-refractivity contribution in [1.82, 2.24) is 19.6 Å². The minimum absolute atomic E-state index is 0.256. The fourth-order valence-electron chi connectivity index (χ4n) is 4.41. The lowest BCUT2D eigenvalue weighted by Gasteiger charge is -2.35. The Hall–Kier alpha value is -3.91. The summed E-state index contributed by atoms with van der Waals surface area (Å²) < 4.78 is 26.7. The summed E-state index contributed by atoms with van der Waals surface area (Å²) >= 11 is 0. The highest BCUT2D eigenvalue weighted by molar-refractivity contribution is 5.68. The molecule has 0 atom stereocenters. The van der Waals surface area contributed by atoms with Crippen LogP contribution in [0.25, 0.3) is 28.3 Å². The number of rotatable bonds is 5. The molecule has 0 spiro atoms. The van der Waals surface area contributed by atoms with E-state index >= 15 is 0 Å². The number of carbonyl (C=O) groups is 1. The predicted octanol–water partition coefficient (Wildman–Crippen LogP) is 5.99. The summed E-state index contributed by atoms with van der Waals surface area (Å²) in [5.41, 5.74) is 3.98. The zero-order valence-electron chi connectivity index (χ0n) is 21.4. The maximum Gasteiger partial charge on any atom is 0.410 e. The molecule has 1 aliphatic rings. The van der Waals surface area contributed by atoms with E-state index < -0.39 is 5.60 Å². The monoisotopic (exact) mass is 502 g/mol. The minimum Gasteiger partial charge on any atom is -0.463 e. The normalized spacial score (nSPS) is 14.6. The molecule has 0 bridgehead atoms. The minimum atomic E-state index is -0.504.